The van der Waals surface area contributed by atoms with Crippen LogP contribution in [0.3, 0.4) is 0 Å². The first kappa shape index (κ1) is 26.0. The summed E-state index contributed by atoms with van der Waals surface area (Å²) in [4.78, 5) is 38.2. The lowest BCUT2D eigenvalue weighted by Gasteiger charge is -2.22. The highest BCUT2D eigenvalue weighted by molar-refractivity contribution is 9.10. The molecule has 0 spiro atoms. The maximum absolute atomic E-state index is 13.2. The zero-order valence-corrected chi connectivity index (χ0v) is 20.9. The molecule has 0 aliphatic heterocycles. The molecule has 3 aromatic carbocycles. The summed E-state index contributed by atoms with van der Waals surface area (Å²) < 4.78 is 11.1. The van der Waals surface area contributed by atoms with Gasteiger partial charge in [-0.2, -0.15) is 0 Å². The van der Waals surface area contributed by atoms with Gasteiger partial charge in [-0.1, -0.05) is 88.7 Å². The van der Waals surface area contributed by atoms with Gasteiger partial charge in [0.15, 0.2) is 0 Å². The molecule has 0 aliphatic carbocycles. The maximum atomic E-state index is 13.2. The molecule has 7 nitrogen and oxygen atoms in total. The molecule has 0 fully saturated rings. The molecule has 2 atom stereocenters. The largest absolute Gasteiger partial charge is 0.467 e. The highest BCUT2D eigenvalue weighted by atomic mass is 79.9. The second-order valence-electron chi connectivity index (χ2n) is 7.87. The smallest absolute Gasteiger partial charge is 0.408 e. The molecule has 0 saturated heterocycles. The van der Waals surface area contributed by atoms with E-state index in [9.17, 15) is 14.4 Å². The maximum Gasteiger partial charge on any atom is 0.408 e. The fraction of sp³-hybridized carbons (Fsp3) is 0.222. The Hall–Kier alpha value is -3.65. The van der Waals surface area contributed by atoms with Crippen LogP contribution in [0.1, 0.15) is 16.7 Å². The van der Waals surface area contributed by atoms with Crippen molar-refractivity contribution in [2.24, 2.45) is 0 Å². The van der Waals surface area contributed by atoms with E-state index in [4.69, 9.17) is 9.47 Å². The highest BCUT2D eigenvalue weighted by Gasteiger charge is 2.28. The Kier molecular flexibility index (Phi) is 9.86. The SMILES string of the molecule is COC(=O)[C@@H](Cc1cccc(Br)c1)NC(=O)[C@H](Cc1ccccc1)NC(=O)OCc1ccccc1. The lowest BCUT2D eigenvalue weighted by atomic mass is 10.0. The van der Waals surface area contributed by atoms with Crippen LogP contribution in [0.5, 0.6) is 0 Å². The van der Waals surface area contributed by atoms with Crippen LogP contribution in [0, 0.1) is 0 Å². The number of carbonyl (C=O) groups excluding carboxylic acids is 3. The number of carbonyl (C=O) groups is 3. The first-order valence-electron chi connectivity index (χ1n) is 11.1. The molecule has 0 saturated carbocycles. The Labute approximate surface area is 213 Å². The van der Waals surface area contributed by atoms with Crippen molar-refractivity contribution >= 4 is 33.9 Å². The molecular formula is C27H27BrN2O5. The van der Waals surface area contributed by atoms with E-state index in [0.29, 0.717) is 0 Å². The number of alkyl carbamates (subject to hydrolysis) is 1. The van der Waals surface area contributed by atoms with Crippen molar-refractivity contribution in [3.8, 4) is 0 Å². The third-order valence-corrected chi connectivity index (χ3v) is 5.73. The second kappa shape index (κ2) is 13.3. The highest BCUT2D eigenvalue weighted by Crippen LogP contribution is 2.14. The van der Waals surface area contributed by atoms with Crippen LogP contribution >= 0.6 is 15.9 Å². The standard InChI is InChI=1S/C27H27BrN2O5/c1-34-26(32)24(17-21-13-8-14-22(28)15-21)29-25(31)23(16-19-9-4-2-5-10-19)30-27(33)35-18-20-11-6-3-7-12-20/h2-15,23-24H,16-18H2,1H3,(H,29,31)(H,30,33)/t23-,24+/m0/s1. The predicted molar refractivity (Wildman–Crippen MR) is 135 cm³/mol. The van der Waals surface area contributed by atoms with Crippen LogP contribution < -0.4 is 10.6 Å². The summed E-state index contributed by atoms with van der Waals surface area (Å²) in [6.45, 7) is 0.0695. The average molecular weight is 539 g/mol. The lowest BCUT2D eigenvalue weighted by Crippen LogP contribution is -2.53. The van der Waals surface area contributed by atoms with Gasteiger partial charge in [-0.3, -0.25) is 4.79 Å². The summed E-state index contributed by atoms with van der Waals surface area (Å²) >= 11 is 3.41. The Morgan fingerprint density at radius 1 is 0.771 bits per heavy atom. The van der Waals surface area contributed by atoms with E-state index in [1.165, 1.54) is 7.11 Å². The lowest BCUT2D eigenvalue weighted by molar-refractivity contribution is -0.145. The third kappa shape index (κ3) is 8.57. The van der Waals surface area contributed by atoms with E-state index < -0.39 is 30.1 Å². The van der Waals surface area contributed by atoms with Crippen molar-refractivity contribution in [3.63, 3.8) is 0 Å². The van der Waals surface area contributed by atoms with Crippen LogP contribution in [0.2, 0.25) is 0 Å². The molecule has 0 radical (unpaired) electrons. The zero-order valence-electron chi connectivity index (χ0n) is 19.3. The Bertz CT molecular complexity index is 1120. The minimum absolute atomic E-state index is 0.0695. The Balaban J connectivity index is 1.71. The molecule has 0 bridgehead atoms. The summed E-state index contributed by atoms with van der Waals surface area (Å²) in [6.07, 6.45) is -0.279. The van der Waals surface area contributed by atoms with Gasteiger partial charge in [-0.15, -0.1) is 0 Å². The van der Waals surface area contributed by atoms with Crippen molar-refractivity contribution in [2.75, 3.05) is 7.11 Å². The summed E-state index contributed by atoms with van der Waals surface area (Å²) in [5, 5.41) is 5.37. The Morgan fingerprint density at radius 2 is 1.37 bits per heavy atom. The van der Waals surface area contributed by atoms with Crippen LogP contribution in [-0.4, -0.2) is 37.2 Å². The summed E-state index contributed by atoms with van der Waals surface area (Å²) in [7, 11) is 1.27. The van der Waals surface area contributed by atoms with Gasteiger partial charge in [0.2, 0.25) is 5.91 Å². The Morgan fingerprint density at radius 3 is 2.00 bits per heavy atom. The van der Waals surface area contributed by atoms with E-state index >= 15 is 0 Å². The van der Waals surface area contributed by atoms with Gasteiger partial charge in [-0.05, 0) is 28.8 Å². The molecular weight excluding hydrogens is 512 g/mol. The molecule has 3 aromatic rings. The van der Waals surface area contributed by atoms with Crippen molar-refractivity contribution in [1.82, 2.24) is 10.6 Å². The summed E-state index contributed by atoms with van der Waals surface area (Å²) in [5.74, 6) is -1.10. The second-order valence-corrected chi connectivity index (χ2v) is 8.78. The van der Waals surface area contributed by atoms with Gasteiger partial charge in [0.25, 0.3) is 0 Å². The molecule has 35 heavy (non-hydrogen) atoms. The van der Waals surface area contributed by atoms with Crippen LogP contribution in [-0.2, 0) is 38.5 Å². The fourth-order valence-corrected chi connectivity index (χ4v) is 3.92. The normalized spacial score (nSPS) is 12.2. The van der Waals surface area contributed by atoms with Gasteiger partial charge < -0.3 is 20.1 Å². The molecule has 0 unspecified atom stereocenters. The minimum Gasteiger partial charge on any atom is -0.467 e. The first-order chi connectivity index (χ1) is 16.9. The molecule has 2 amide bonds. The summed E-state index contributed by atoms with van der Waals surface area (Å²) in [5.41, 5.74) is 2.51. The number of halogens is 1. The van der Waals surface area contributed by atoms with Crippen molar-refractivity contribution in [2.45, 2.75) is 31.5 Å². The molecule has 0 heterocycles. The molecule has 2 N–H and O–H groups in total. The number of amides is 2. The number of esters is 1. The van der Waals surface area contributed by atoms with E-state index in [0.717, 1.165) is 21.2 Å². The van der Waals surface area contributed by atoms with E-state index in [-0.39, 0.29) is 19.4 Å². The quantitative estimate of drug-likeness (QED) is 0.377. The number of hydrogen-bond acceptors (Lipinski definition) is 5. The zero-order chi connectivity index (χ0) is 25.0. The van der Waals surface area contributed by atoms with Crippen molar-refractivity contribution in [1.29, 1.82) is 0 Å². The van der Waals surface area contributed by atoms with Gasteiger partial charge in [0.1, 0.15) is 18.7 Å². The van der Waals surface area contributed by atoms with Crippen LogP contribution in [0.25, 0.3) is 0 Å². The molecule has 8 heteroatoms. The average Bonchev–Trinajstić information content (AvgIpc) is 2.87. The molecule has 182 valence electrons. The number of methoxy groups -OCH3 is 1. The number of rotatable bonds is 10. The topological polar surface area (TPSA) is 93.7 Å². The number of ether oxygens (including phenoxy) is 2. The number of hydrogen-bond donors (Lipinski definition) is 2. The van der Waals surface area contributed by atoms with E-state index in [1.54, 1.807) is 0 Å². The number of benzene rings is 3. The van der Waals surface area contributed by atoms with E-state index in [1.807, 2.05) is 84.9 Å². The van der Waals surface area contributed by atoms with Gasteiger partial charge in [0.05, 0.1) is 7.11 Å². The molecule has 0 aliphatic rings. The van der Waals surface area contributed by atoms with Gasteiger partial charge in [0, 0.05) is 17.3 Å². The molecule has 0 aromatic heterocycles. The van der Waals surface area contributed by atoms with Crippen molar-refractivity contribution in [3.05, 3.63) is 106 Å². The minimum atomic E-state index is -0.963. The fourth-order valence-electron chi connectivity index (χ4n) is 3.47. The first-order valence-corrected chi connectivity index (χ1v) is 11.9. The molecule has 3 rings (SSSR count). The summed E-state index contributed by atoms with van der Waals surface area (Å²) in [6, 6.07) is 24.1. The predicted octanol–water partition coefficient (Wildman–Crippen LogP) is 4.19. The van der Waals surface area contributed by atoms with Gasteiger partial charge in [-0.25, -0.2) is 9.59 Å². The van der Waals surface area contributed by atoms with Gasteiger partial charge >= 0.3 is 12.1 Å². The van der Waals surface area contributed by atoms with Crippen LogP contribution in [0.15, 0.2) is 89.4 Å². The monoisotopic (exact) mass is 538 g/mol. The van der Waals surface area contributed by atoms with Crippen molar-refractivity contribution < 1.29 is 23.9 Å². The third-order valence-electron chi connectivity index (χ3n) is 5.24. The van der Waals surface area contributed by atoms with Crippen LogP contribution in [0.4, 0.5) is 4.79 Å². The number of nitrogens with one attached hydrogen (secondary N) is 2. The van der Waals surface area contributed by atoms with E-state index in [2.05, 4.69) is 26.6 Å².